The maximum absolute atomic E-state index is 9.62. The largest absolute Gasteiger partial charge is 0.310 e. The van der Waals surface area contributed by atoms with Crippen LogP contribution in [0.2, 0.25) is 0 Å². The van der Waals surface area contributed by atoms with Gasteiger partial charge in [0, 0.05) is 33.5 Å². The molecule has 0 saturated heterocycles. The Kier molecular flexibility index (Phi) is 7.36. The third kappa shape index (κ3) is 5.81. The van der Waals surface area contributed by atoms with Gasteiger partial charge in [0.2, 0.25) is 0 Å². The van der Waals surface area contributed by atoms with Gasteiger partial charge in [-0.25, -0.2) is 0 Å². The molecular formula is C62H40N2. The number of nitrogens with zero attached hydrogens (tertiary/aromatic N) is 2. The first-order chi connectivity index (χ1) is 33.4. The van der Waals surface area contributed by atoms with Gasteiger partial charge >= 0.3 is 0 Å². The molecule has 0 amide bonds. The van der Waals surface area contributed by atoms with E-state index in [4.69, 9.17) is 0 Å². The predicted octanol–water partition coefficient (Wildman–Crippen LogP) is 17.8. The molecule has 0 aliphatic heterocycles. The molecule has 13 aromatic rings. The maximum Gasteiger partial charge on any atom is 0.0645 e. The summed E-state index contributed by atoms with van der Waals surface area (Å²) in [6, 6.07) is 75.1. The highest BCUT2D eigenvalue weighted by Crippen LogP contribution is 2.47. The van der Waals surface area contributed by atoms with Gasteiger partial charge in [0.1, 0.15) is 0 Å². The number of anilines is 6. The van der Waals surface area contributed by atoms with E-state index in [2.05, 4.69) is 157 Å². The van der Waals surface area contributed by atoms with Crippen molar-refractivity contribution < 1.29 is 5.48 Å². The number of benzene rings is 13. The topological polar surface area (TPSA) is 6.48 Å². The van der Waals surface area contributed by atoms with E-state index in [-0.39, 0.29) is 35.4 Å². The van der Waals surface area contributed by atoms with Gasteiger partial charge in [0.05, 0.1) is 16.9 Å². The van der Waals surface area contributed by atoms with Crippen molar-refractivity contribution in [2.24, 2.45) is 0 Å². The molecule has 13 aromatic carbocycles. The molecule has 0 aromatic heterocycles. The highest BCUT2D eigenvalue weighted by molar-refractivity contribution is 6.28. The first-order valence-electron chi connectivity index (χ1n) is 23.8. The van der Waals surface area contributed by atoms with E-state index in [0.29, 0.717) is 5.56 Å². The summed E-state index contributed by atoms with van der Waals surface area (Å²) >= 11 is 0. The van der Waals surface area contributed by atoms with Crippen LogP contribution in [0.5, 0.6) is 0 Å². The number of hydrogen-bond donors (Lipinski definition) is 0. The summed E-state index contributed by atoms with van der Waals surface area (Å²) in [6.45, 7) is 0. The first kappa shape index (κ1) is 32.3. The van der Waals surface area contributed by atoms with Crippen molar-refractivity contribution >= 4 is 98.8 Å². The van der Waals surface area contributed by atoms with Crippen molar-refractivity contribution in [1.29, 1.82) is 0 Å². The quantitative estimate of drug-likeness (QED) is 0.141. The van der Waals surface area contributed by atoms with E-state index in [0.717, 1.165) is 66.5 Å². The van der Waals surface area contributed by atoms with Crippen molar-refractivity contribution in [3.63, 3.8) is 0 Å². The Morgan fingerprint density at radius 1 is 0.250 bits per heavy atom. The van der Waals surface area contributed by atoms with Crippen LogP contribution in [0, 0.1) is 0 Å². The van der Waals surface area contributed by atoms with Crippen LogP contribution in [0.15, 0.2) is 243 Å². The smallest absolute Gasteiger partial charge is 0.0645 e. The number of hydrogen-bond acceptors (Lipinski definition) is 2. The van der Waals surface area contributed by atoms with Crippen LogP contribution in [0.1, 0.15) is 5.48 Å². The van der Waals surface area contributed by atoms with Gasteiger partial charge < -0.3 is 9.80 Å². The summed E-state index contributed by atoms with van der Waals surface area (Å²) < 4.78 is 38.3. The zero-order valence-corrected chi connectivity index (χ0v) is 34.7. The van der Waals surface area contributed by atoms with E-state index in [9.17, 15) is 5.48 Å². The van der Waals surface area contributed by atoms with Gasteiger partial charge in [-0.05, 0) is 137 Å². The second kappa shape index (κ2) is 14.6. The average molecular weight is 817 g/mol. The molecule has 0 saturated carbocycles. The second-order valence-corrected chi connectivity index (χ2v) is 16.6. The lowest BCUT2D eigenvalue weighted by Crippen LogP contribution is -2.10. The summed E-state index contributed by atoms with van der Waals surface area (Å²) in [7, 11) is 0. The summed E-state index contributed by atoms with van der Waals surface area (Å²) in [5.41, 5.74) is 7.82. The highest BCUT2D eigenvalue weighted by atomic mass is 15.1. The predicted molar refractivity (Wildman–Crippen MR) is 274 cm³/mol. The molecule has 2 nitrogen and oxygen atoms in total. The van der Waals surface area contributed by atoms with Gasteiger partial charge in [-0.1, -0.05) is 182 Å². The molecule has 0 atom stereocenters. The third-order valence-corrected chi connectivity index (χ3v) is 13.0. The molecule has 64 heavy (non-hydrogen) atoms. The zero-order chi connectivity index (χ0) is 45.6. The fourth-order valence-corrected chi connectivity index (χ4v) is 10.0. The van der Waals surface area contributed by atoms with Crippen LogP contribution < -0.4 is 9.80 Å². The van der Waals surface area contributed by atoms with Crippen LogP contribution in [0.4, 0.5) is 34.1 Å². The molecule has 0 spiro atoms. The van der Waals surface area contributed by atoms with Crippen LogP contribution >= 0.6 is 0 Å². The molecule has 0 unspecified atom stereocenters. The Morgan fingerprint density at radius 2 is 0.609 bits per heavy atom. The molecule has 0 aliphatic rings. The first-order valence-corrected chi connectivity index (χ1v) is 21.8. The lowest BCUT2D eigenvalue weighted by atomic mass is 9.92. The van der Waals surface area contributed by atoms with Gasteiger partial charge in [0.25, 0.3) is 0 Å². The molecule has 298 valence electrons. The fraction of sp³-hybridized carbons (Fsp3) is 0. The Bertz CT molecular complexity index is 4030. The lowest BCUT2D eigenvalue weighted by Gasteiger charge is -2.28. The highest BCUT2D eigenvalue weighted by Gasteiger charge is 2.21. The second-order valence-electron chi connectivity index (χ2n) is 16.6. The molecule has 0 heterocycles. The molecule has 0 aliphatic carbocycles. The minimum atomic E-state index is -0.109. The molecule has 13 rings (SSSR count). The lowest BCUT2D eigenvalue weighted by molar-refractivity contribution is 1.30. The summed E-state index contributed by atoms with van der Waals surface area (Å²) in [5.74, 6) is 0. The van der Waals surface area contributed by atoms with E-state index in [1.54, 1.807) is 0 Å². The van der Waals surface area contributed by atoms with Gasteiger partial charge in [-0.3, -0.25) is 0 Å². The van der Waals surface area contributed by atoms with Crippen LogP contribution in [-0.4, -0.2) is 0 Å². The normalized spacial score (nSPS) is 12.6. The van der Waals surface area contributed by atoms with E-state index < -0.39 is 0 Å². The van der Waals surface area contributed by atoms with Crippen molar-refractivity contribution in [3.05, 3.63) is 243 Å². The Balaban J connectivity index is 0.885. The van der Waals surface area contributed by atoms with Crippen molar-refractivity contribution in [1.82, 2.24) is 0 Å². The Labute approximate surface area is 377 Å². The minimum absolute atomic E-state index is 0.0938. The Morgan fingerprint density at radius 3 is 1.08 bits per heavy atom. The molecule has 0 bridgehead atoms. The molecule has 2 heteroatoms. The zero-order valence-electron chi connectivity index (χ0n) is 38.7. The van der Waals surface area contributed by atoms with Gasteiger partial charge in [-0.2, -0.15) is 0 Å². The number of para-hydroxylation sites is 2. The van der Waals surface area contributed by atoms with E-state index in [1.165, 1.54) is 37.7 Å². The van der Waals surface area contributed by atoms with Crippen LogP contribution in [0.25, 0.3) is 86.9 Å². The fourth-order valence-electron chi connectivity index (χ4n) is 10.0. The molecule has 0 fully saturated rings. The van der Waals surface area contributed by atoms with E-state index in [1.807, 2.05) is 71.6 Å². The summed E-state index contributed by atoms with van der Waals surface area (Å²) in [5, 5.41) is 13.9. The average Bonchev–Trinajstić information content (AvgIpc) is 3.39. The van der Waals surface area contributed by atoms with Crippen molar-refractivity contribution in [2.45, 2.75) is 0 Å². The Hall–Kier alpha value is -8.46. The molecule has 0 radical (unpaired) electrons. The molecular weight excluding hydrogens is 773 g/mol. The minimum Gasteiger partial charge on any atom is -0.310 e. The van der Waals surface area contributed by atoms with E-state index >= 15 is 0 Å². The van der Waals surface area contributed by atoms with Gasteiger partial charge in [0.15, 0.2) is 0 Å². The number of rotatable bonds is 8. The SMILES string of the molecule is [2H]c1c([2H])c(N(c2ccccc2)c2cc3cccc4ccc5cccc2c5c43)c([2H])c([2H])c1-c1ccc(-c2ccc(N(c3ccccc3)c3cc4cccc5ccc6cccc3c6c54)cc2)cc1. The monoisotopic (exact) mass is 816 g/mol. The van der Waals surface area contributed by atoms with Crippen LogP contribution in [-0.2, 0) is 0 Å². The van der Waals surface area contributed by atoms with Gasteiger partial charge in [-0.15, -0.1) is 0 Å². The summed E-state index contributed by atoms with van der Waals surface area (Å²) in [6.07, 6.45) is 0. The van der Waals surface area contributed by atoms with Crippen molar-refractivity contribution in [3.8, 4) is 22.3 Å². The third-order valence-electron chi connectivity index (χ3n) is 13.0. The maximum atomic E-state index is 9.62. The van der Waals surface area contributed by atoms with Crippen molar-refractivity contribution in [2.75, 3.05) is 9.80 Å². The summed E-state index contributed by atoms with van der Waals surface area (Å²) in [4.78, 5) is 4.25. The van der Waals surface area contributed by atoms with Crippen LogP contribution in [0.3, 0.4) is 0 Å². The molecule has 0 N–H and O–H groups in total. The standard InChI is InChI=1S/C62H40N2/c1-3-17-51(18-4-1)63(57-39-49-15-7-11-45-27-29-47-13-9-21-55(57)61(47)59(45)49)53-35-31-43(32-36-53)41-23-25-42(26-24-41)44-33-37-54(38-34-44)64(52-19-5-2-6-20-52)58-40-50-16-8-12-46-28-30-48-14-10-22-56(58)62(48)60(46)50/h1-40H/i31D,32D,35D,36D.